The van der Waals surface area contributed by atoms with E-state index in [1.54, 1.807) is 7.11 Å². The van der Waals surface area contributed by atoms with Crippen LogP contribution in [-0.2, 0) is 9.53 Å². The van der Waals surface area contributed by atoms with Crippen LogP contribution in [0, 0.1) is 13.8 Å². The summed E-state index contributed by atoms with van der Waals surface area (Å²) < 4.78 is 4.90. The fourth-order valence-corrected chi connectivity index (χ4v) is 2.78. The molecule has 5 heteroatoms. The lowest BCUT2D eigenvalue weighted by Crippen LogP contribution is -2.46. The summed E-state index contributed by atoms with van der Waals surface area (Å²) in [5.41, 5.74) is 3.07. The summed E-state index contributed by atoms with van der Waals surface area (Å²) in [4.78, 5) is 26.1. The molecule has 2 amide bonds. The van der Waals surface area contributed by atoms with Crippen molar-refractivity contribution >= 4 is 11.8 Å². The third kappa shape index (κ3) is 4.79. The molecule has 23 heavy (non-hydrogen) atoms. The van der Waals surface area contributed by atoms with E-state index in [9.17, 15) is 9.59 Å². The summed E-state index contributed by atoms with van der Waals surface area (Å²) >= 11 is 0. The Hall–Kier alpha value is -1.88. The van der Waals surface area contributed by atoms with Gasteiger partial charge in [0.2, 0.25) is 5.91 Å². The molecule has 1 N–H and O–H groups in total. The molecule has 0 atom stereocenters. The molecule has 1 aliphatic heterocycles. The minimum atomic E-state index is 0.0192. The first-order chi connectivity index (χ1) is 11.0. The molecule has 0 bridgehead atoms. The van der Waals surface area contributed by atoms with Crippen LogP contribution in [0.25, 0.3) is 0 Å². The zero-order chi connectivity index (χ0) is 16.8. The predicted octanol–water partition coefficient (Wildman–Crippen LogP) is 2.06. The lowest BCUT2D eigenvalue weighted by atomic mass is 10.0. The molecular formula is C18H26N2O3. The number of amides is 2. The van der Waals surface area contributed by atoms with E-state index in [0.717, 1.165) is 24.0 Å². The fourth-order valence-electron chi connectivity index (χ4n) is 2.78. The fraction of sp³-hybridized carbons (Fsp3) is 0.556. The second kappa shape index (κ2) is 8.11. The van der Waals surface area contributed by atoms with E-state index < -0.39 is 0 Å². The Morgan fingerprint density at radius 3 is 2.52 bits per heavy atom. The van der Waals surface area contributed by atoms with E-state index in [-0.39, 0.29) is 17.9 Å². The monoisotopic (exact) mass is 318 g/mol. The van der Waals surface area contributed by atoms with Crippen LogP contribution in [0.2, 0.25) is 0 Å². The highest BCUT2D eigenvalue weighted by molar-refractivity contribution is 5.94. The van der Waals surface area contributed by atoms with Crippen LogP contribution in [0.15, 0.2) is 18.2 Å². The topological polar surface area (TPSA) is 58.6 Å². The smallest absolute Gasteiger partial charge is 0.253 e. The van der Waals surface area contributed by atoms with Crippen molar-refractivity contribution in [1.29, 1.82) is 0 Å². The van der Waals surface area contributed by atoms with Gasteiger partial charge in [-0.25, -0.2) is 0 Å². The quantitative estimate of drug-likeness (QED) is 0.904. The van der Waals surface area contributed by atoms with Crippen LogP contribution in [0.3, 0.4) is 0 Å². The van der Waals surface area contributed by atoms with Gasteiger partial charge in [-0.15, -0.1) is 0 Å². The maximum atomic E-state index is 12.6. The minimum Gasteiger partial charge on any atom is -0.384 e. The number of ether oxygens (including phenoxy) is 1. The lowest BCUT2D eigenvalue weighted by molar-refractivity contribution is -0.122. The largest absolute Gasteiger partial charge is 0.384 e. The van der Waals surface area contributed by atoms with Gasteiger partial charge in [0.25, 0.3) is 5.91 Å². The van der Waals surface area contributed by atoms with E-state index in [1.807, 2.05) is 36.9 Å². The van der Waals surface area contributed by atoms with Crippen molar-refractivity contribution in [2.24, 2.45) is 0 Å². The van der Waals surface area contributed by atoms with Gasteiger partial charge in [-0.2, -0.15) is 0 Å². The van der Waals surface area contributed by atoms with Gasteiger partial charge in [0, 0.05) is 38.2 Å². The molecule has 0 saturated carbocycles. The summed E-state index contributed by atoms with van der Waals surface area (Å²) in [5, 5.41) is 3.01. The number of nitrogens with one attached hydrogen (secondary N) is 1. The molecule has 0 aromatic heterocycles. The van der Waals surface area contributed by atoms with Gasteiger partial charge in [-0.05, 0) is 49.9 Å². The van der Waals surface area contributed by atoms with Crippen LogP contribution < -0.4 is 5.32 Å². The van der Waals surface area contributed by atoms with Crippen LogP contribution in [0.5, 0.6) is 0 Å². The van der Waals surface area contributed by atoms with Crippen molar-refractivity contribution in [2.45, 2.75) is 39.2 Å². The number of benzene rings is 1. The number of rotatable bonds is 5. The molecule has 1 aromatic carbocycles. The van der Waals surface area contributed by atoms with Crippen molar-refractivity contribution in [3.05, 3.63) is 34.9 Å². The Balaban J connectivity index is 1.85. The average Bonchev–Trinajstić information content (AvgIpc) is 2.55. The zero-order valence-electron chi connectivity index (χ0n) is 14.2. The number of hydrogen-bond acceptors (Lipinski definition) is 3. The van der Waals surface area contributed by atoms with Crippen LogP contribution in [-0.4, -0.2) is 49.6 Å². The van der Waals surface area contributed by atoms with Gasteiger partial charge in [-0.3, -0.25) is 9.59 Å². The molecule has 126 valence electrons. The Kier molecular flexibility index (Phi) is 6.16. The van der Waals surface area contributed by atoms with E-state index >= 15 is 0 Å². The van der Waals surface area contributed by atoms with Crippen molar-refractivity contribution in [3.63, 3.8) is 0 Å². The SMILES string of the molecule is COCCC(=O)NC1CCN(C(=O)c2ccc(C)c(C)c2)CC1. The Labute approximate surface area is 138 Å². The number of methoxy groups -OCH3 is 1. The first-order valence-corrected chi connectivity index (χ1v) is 8.16. The van der Waals surface area contributed by atoms with Gasteiger partial charge in [0.1, 0.15) is 0 Å². The van der Waals surface area contributed by atoms with Crippen molar-refractivity contribution in [1.82, 2.24) is 10.2 Å². The molecule has 0 radical (unpaired) electrons. The van der Waals surface area contributed by atoms with E-state index in [0.29, 0.717) is 26.1 Å². The zero-order valence-corrected chi connectivity index (χ0v) is 14.2. The van der Waals surface area contributed by atoms with Crippen molar-refractivity contribution in [2.75, 3.05) is 26.8 Å². The molecule has 1 aliphatic rings. The summed E-state index contributed by atoms with van der Waals surface area (Å²) in [7, 11) is 1.59. The highest BCUT2D eigenvalue weighted by Gasteiger charge is 2.24. The van der Waals surface area contributed by atoms with E-state index in [2.05, 4.69) is 5.32 Å². The molecule has 0 unspecified atom stereocenters. The predicted molar refractivity (Wildman–Crippen MR) is 89.5 cm³/mol. The molecule has 5 nitrogen and oxygen atoms in total. The van der Waals surface area contributed by atoms with Crippen LogP contribution >= 0.6 is 0 Å². The lowest BCUT2D eigenvalue weighted by Gasteiger charge is -2.32. The third-order valence-corrected chi connectivity index (χ3v) is 4.43. The molecular weight excluding hydrogens is 292 g/mol. The number of likely N-dealkylation sites (tertiary alicyclic amines) is 1. The number of carbonyl (C=O) groups is 2. The average molecular weight is 318 g/mol. The molecule has 0 spiro atoms. The maximum Gasteiger partial charge on any atom is 0.253 e. The summed E-state index contributed by atoms with van der Waals surface area (Å²) in [6.07, 6.45) is 1.99. The first kappa shape index (κ1) is 17.5. The number of piperidine rings is 1. The van der Waals surface area contributed by atoms with Gasteiger partial charge < -0.3 is 15.0 Å². The highest BCUT2D eigenvalue weighted by Crippen LogP contribution is 2.16. The standard InChI is InChI=1S/C18H26N2O3/c1-13-4-5-15(12-14(13)2)18(22)20-9-6-16(7-10-20)19-17(21)8-11-23-3/h4-5,12,16H,6-11H2,1-3H3,(H,19,21). The normalized spacial score (nSPS) is 15.5. The second-order valence-electron chi connectivity index (χ2n) is 6.18. The highest BCUT2D eigenvalue weighted by atomic mass is 16.5. The number of aryl methyl sites for hydroxylation is 2. The Morgan fingerprint density at radius 1 is 1.22 bits per heavy atom. The van der Waals surface area contributed by atoms with Crippen LogP contribution in [0.4, 0.5) is 0 Å². The van der Waals surface area contributed by atoms with Gasteiger partial charge >= 0.3 is 0 Å². The van der Waals surface area contributed by atoms with Gasteiger partial charge in [0.05, 0.1) is 6.61 Å². The van der Waals surface area contributed by atoms with Crippen molar-refractivity contribution < 1.29 is 14.3 Å². The summed E-state index contributed by atoms with van der Waals surface area (Å²) in [6, 6.07) is 5.99. The van der Waals surface area contributed by atoms with Gasteiger partial charge in [-0.1, -0.05) is 6.07 Å². The molecule has 0 aliphatic carbocycles. The molecule has 1 aromatic rings. The number of nitrogens with zero attached hydrogens (tertiary/aromatic N) is 1. The van der Waals surface area contributed by atoms with Crippen molar-refractivity contribution in [3.8, 4) is 0 Å². The van der Waals surface area contributed by atoms with E-state index in [1.165, 1.54) is 5.56 Å². The number of hydrogen-bond donors (Lipinski definition) is 1. The summed E-state index contributed by atoms with van der Waals surface area (Å²) in [5.74, 6) is 0.100. The Morgan fingerprint density at radius 2 is 1.91 bits per heavy atom. The first-order valence-electron chi connectivity index (χ1n) is 8.16. The molecule has 1 saturated heterocycles. The maximum absolute atomic E-state index is 12.6. The second-order valence-corrected chi connectivity index (χ2v) is 6.18. The van der Waals surface area contributed by atoms with Gasteiger partial charge in [0.15, 0.2) is 0 Å². The third-order valence-electron chi connectivity index (χ3n) is 4.43. The Bertz CT molecular complexity index is 563. The molecule has 1 fully saturated rings. The van der Waals surface area contributed by atoms with E-state index in [4.69, 9.17) is 4.74 Å². The molecule has 2 rings (SSSR count). The molecule has 1 heterocycles. The van der Waals surface area contributed by atoms with Crippen LogP contribution in [0.1, 0.15) is 40.7 Å². The number of carbonyl (C=O) groups excluding carboxylic acids is 2. The summed E-state index contributed by atoms with van der Waals surface area (Å²) in [6.45, 7) is 5.87. The minimum absolute atomic E-state index is 0.0192.